The molecule has 3 aromatic carbocycles. The van der Waals surface area contributed by atoms with E-state index in [2.05, 4.69) is 79.7 Å². The van der Waals surface area contributed by atoms with Crippen LogP contribution < -0.4 is 15.9 Å². The van der Waals surface area contributed by atoms with E-state index in [-0.39, 0.29) is 0 Å². The van der Waals surface area contributed by atoms with Gasteiger partial charge in [0, 0.05) is 6.42 Å². The molecule has 0 saturated heterocycles. The zero-order chi connectivity index (χ0) is 16.1. The number of rotatable bonds is 5. The van der Waals surface area contributed by atoms with Gasteiger partial charge in [0.2, 0.25) is 0 Å². The van der Waals surface area contributed by atoms with Gasteiger partial charge in [0.15, 0.2) is 5.85 Å². The van der Waals surface area contributed by atoms with E-state index < -0.39 is 13.1 Å². The van der Waals surface area contributed by atoms with Crippen molar-refractivity contribution in [3.05, 3.63) is 91.0 Å². The Balaban J connectivity index is 2.35. The van der Waals surface area contributed by atoms with Crippen LogP contribution in [-0.4, -0.2) is 11.0 Å². The highest BCUT2D eigenvalue weighted by Gasteiger charge is 2.51. The van der Waals surface area contributed by atoms with Crippen LogP contribution in [0.1, 0.15) is 13.3 Å². The van der Waals surface area contributed by atoms with E-state index in [0.717, 1.165) is 6.42 Å². The van der Waals surface area contributed by atoms with Crippen molar-refractivity contribution in [1.29, 1.82) is 0 Å². The van der Waals surface area contributed by atoms with Gasteiger partial charge in [0.1, 0.15) is 23.2 Å². The number of aliphatic hydroxyl groups excluding tert-OH is 1. The molecule has 0 aliphatic carbocycles. The standard InChI is InChI=1S/C21H22OP/c1-2-21(22)23(18-12-6-3-7-13-18,19-14-8-4-9-15-19)20-16-10-5-11-17-20/h3-17,21-22H,2H2,1H3/q+1. The van der Waals surface area contributed by atoms with Crippen molar-refractivity contribution in [2.45, 2.75) is 19.2 Å². The molecule has 0 spiro atoms. The van der Waals surface area contributed by atoms with E-state index in [9.17, 15) is 5.11 Å². The SMILES string of the molecule is CCC(O)[P+](c1ccccc1)(c1ccccc1)c1ccccc1. The van der Waals surface area contributed by atoms with Crippen LogP contribution in [0.25, 0.3) is 0 Å². The molecule has 0 aliphatic rings. The summed E-state index contributed by atoms with van der Waals surface area (Å²) in [6.07, 6.45) is 0.729. The van der Waals surface area contributed by atoms with E-state index >= 15 is 0 Å². The second-order valence-corrected chi connectivity index (χ2v) is 9.21. The molecular formula is C21H22OP+. The second kappa shape index (κ2) is 7.08. The van der Waals surface area contributed by atoms with Gasteiger partial charge in [-0.3, -0.25) is 0 Å². The van der Waals surface area contributed by atoms with E-state index in [1.165, 1.54) is 15.9 Å². The first kappa shape index (κ1) is 15.9. The van der Waals surface area contributed by atoms with Crippen LogP contribution in [0, 0.1) is 0 Å². The Bertz CT molecular complexity index is 629. The van der Waals surface area contributed by atoms with Crippen molar-refractivity contribution in [3.8, 4) is 0 Å². The summed E-state index contributed by atoms with van der Waals surface area (Å²) in [7, 11) is -2.09. The van der Waals surface area contributed by atoms with Gasteiger partial charge in [0.25, 0.3) is 0 Å². The minimum Gasteiger partial charge on any atom is -0.358 e. The Kier molecular flexibility index (Phi) is 4.91. The Labute approximate surface area is 139 Å². The lowest BCUT2D eigenvalue weighted by Gasteiger charge is -2.31. The molecule has 2 heteroatoms. The van der Waals surface area contributed by atoms with Gasteiger partial charge in [0.05, 0.1) is 0 Å². The van der Waals surface area contributed by atoms with Gasteiger partial charge < -0.3 is 5.11 Å². The highest BCUT2D eigenvalue weighted by Crippen LogP contribution is 2.59. The zero-order valence-corrected chi connectivity index (χ0v) is 14.2. The maximum absolute atomic E-state index is 11.2. The van der Waals surface area contributed by atoms with Gasteiger partial charge in [-0.25, -0.2) is 0 Å². The maximum Gasteiger partial charge on any atom is 0.178 e. The predicted octanol–water partition coefficient (Wildman–Crippen LogP) is 3.71. The summed E-state index contributed by atoms with van der Waals surface area (Å²) in [5.74, 6) is -0.394. The molecule has 116 valence electrons. The van der Waals surface area contributed by atoms with Crippen LogP contribution >= 0.6 is 7.26 Å². The quantitative estimate of drug-likeness (QED) is 0.710. The molecule has 0 aliphatic heterocycles. The average molecular weight is 321 g/mol. The molecule has 0 bridgehead atoms. The Morgan fingerprint density at radius 2 is 0.957 bits per heavy atom. The van der Waals surface area contributed by atoms with Crippen molar-refractivity contribution in [2.75, 3.05) is 0 Å². The van der Waals surface area contributed by atoms with Crippen LogP contribution in [0.3, 0.4) is 0 Å². The summed E-state index contributed by atoms with van der Waals surface area (Å²) < 4.78 is 0. The number of hydrogen-bond donors (Lipinski definition) is 1. The second-order valence-electron chi connectivity index (χ2n) is 5.62. The van der Waals surface area contributed by atoms with Crippen molar-refractivity contribution < 1.29 is 5.11 Å². The smallest absolute Gasteiger partial charge is 0.178 e. The normalized spacial score (nSPS) is 12.8. The van der Waals surface area contributed by atoms with Crippen LogP contribution in [0.5, 0.6) is 0 Å². The molecule has 3 aromatic rings. The summed E-state index contributed by atoms with van der Waals surface area (Å²) in [5, 5.41) is 14.9. The van der Waals surface area contributed by atoms with E-state index in [1.807, 2.05) is 18.2 Å². The minimum absolute atomic E-state index is 0.394. The van der Waals surface area contributed by atoms with Crippen LogP contribution in [0.4, 0.5) is 0 Å². The van der Waals surface area contributed by atoms with E-state index in [1.54, 1.807) is 0 Å². The maximum atomic E-state index is 11.2. The van der Waals surface area contributed by atoms with Gasteiger partial charge in [-0.2, -0.15) is 0 Å². The Morgan fingerprint density at radius 3 is 1.22 bits per heavy atom. The molecule has 0 amide bonds. The van der Waals surface area contributed by atoms with Gasteiger partial charge in [-0.15, -0.1) is 0 Å². The van der Waals surface area contributed by atoms with Gasteiger partial charge >= 0.3 is 0 Å². The third-order valence-electron chi connectivity index (χ3n) is 4.30. The van der Waals surface area contributed by atoms with Crippen LogP contribution in [0.15, 0.2) is 91.0 Å². The van der Waals surface area contributed by atoms with Crippen LogP contribution in [-0.2, 0) is 0 Å². The minimum atomic E-state index is -2.09. The van der Waals surface area contributed by atoms with Crippen molar-refractivity contribution in [3.63, 3.8) is 0 Å². The van der Waals surface area contributed by atoms with Crippen molar-refractivity contribution in [2.24, 2.45) is 0 Å². The summed E-state index contributed by atoms with van der Waals surface area (Å²) in [5.41, 5.74) is 0. The lowest BCUT2D eigenvalue weighted by atomic mass is 10.3. The first-order chi connectivity index (χ1) is 11.3. The molecule has 0 fully saturated rings. The van der Waals surface area contributed by atoms with Crippen LogP contribution in [0.2, 0.25) is 0 Å². The fraction of sp³-hybridized carbons (Fsp3) is 0.143. The third-order valence-corrected chi connectivity index (χ3v) is 8.90. The van der Waals surface area contributed by atoms with Gasteiger partial charge in [-0.1, -0.05) is 61.5 Å². The van der Waals surface area contributed by atoms with E-state index in [0.29, 0.717) is 0 Å². The molecule has 1 unspecified atom stereocenters. The summed E-state index contributed by atoms with van der Waals surface area (Å²) >= 11 is 0. The van der Waals surface area contributed by atoms with Crippen molar-refractivity contribution in [1.82, 2.24) is 0 Å². The highest BCUT2D eigenvalue weighted by molar-refractivity contribution is 7.96. The monoisotopic (exact) mass is 321 g/mol. The fourth-order valence-electron chi connectivity index (χ4n) is 3.23. The molecule has 0 saturated carbocycles. The molecule has 1 nitrogen and oxygen atoms in total. The first-order valence-corrected chi connectivity index (χ1v) is 9.89. The summed E-state index contributed by atoms with van der Waals surface area (Å²) in [6, 6.07) is 31.5. The number of hydrogen-bond acceptors (Lipinski definition) is 1. The number of benzene rings is 3. The average Bonchev–Trinajstić information content (AvgIpc) is 2.65. The molecule has 1 N–H and O–H groups in total. The highest BCUT2D eigenvalue weighted by atomic mass is 31.2. The molecular weight excluding hydrogens is 299 g/mol. The summed E-state index contributed by atoms with van der Waals surface area (Å²) in [4.78, 5) is 0. The Morgan fingerprint density at radius 1 is 0.652 bits per heavy atom. The molecule has 0 aromatic heterocycles. The number of aliphatic hydroxyl groups is 1. The largest absolute Gasteiger partial charge is 0.358 e. The van der Waals surface area contributed by atoms with Crippen molar-refractivity contribution >= 4 is 23.2 Å². The zero-order valence-electron chi connectivity index (χ0n) is 13.3. The molecule has 1 atom stereocenters. The third kappa shape index (κ3) is 2.83. The van der Waals surface area contributed by atoms with Gasteiger partial charge in [-0.05, 0) is 36.4 Å². The Hall–Kier alpha value is -1.95. The first-order valence-electron chi connectivity index (χ1n) is 8.03. The molecule has 0 heterocycles. The lowest BCUT2D eigenvalue weighted by Crippen LogP contribution is -2.38. The molecule has 3 rings (SSSR count). The topological polar surface area (TPSA) is 20.2 Å². The lowest BCUT2D eigenvalue weighted by molar-refractivity contribution is 0.253. The molecule has 23 heavy (non-hydrogen) atoms. The molecule has 0 radical (unpaired) electrons. The van der Waals surface area contributed by atoms with E-state index in [4.69, 9.17) is 0 Å². The predicted molar refractivity (Wildman–Crippen MR) is 101 cm³/mol. The fourth-order valence-corrected chi connectivity index (χ4v) is 7.63. The summed E-state index contributed by atoms with van der Waals surface area (Å²) in [6.45, 7) is 2.06.